The Kier molecular flexibility index (Phi) is 5.41. The van der Waals surface area contributed by atoms with Crippen LogP contribution in [-0.4, -0.2) is 52.3 Å². The van der Waals surface area contributed by atoms with Crippen molar-refractivity contribution in [2.75, 3.05) is 19.6 Å². The highest BCUT2D eigenvalue weighted by molar-refractivity contribution is 5.98. The number of aromatic amines is 1. The fourth-order valence-corrected chi connectivity index (χ4v) is 5.18. The molecule has 2 aliphatic heterocycles. The number of hydrogen-bond donors (Lipinski definition) is 1. The molecule has 3 aromatic rings. The van der Waals surface area contributed by atoms with Crippen molar-refractivity contribution in [2.24, 2.45) is 5.92 Å². The maximum absolute atomic E-state index is 13.5. The Balaban J connectivity index is 1.26. The standard InChI is InChI=1S/C25H25F2N3O2/c26-19-8-7-16(12-20(19)27)13-24(31)30-10-3-5-18-15-29(11-9-23(18)30)25(32)22-14-17-4-1-2-6-21(17)28-22/h1-2,4,6-8,12,14,18,23,28H,3,5,9-11,13,15H2/t18-,23+/m1/s1. The Bertz CT molecular complexity index is 1140. The van der Waals surface area contributed by atoms with Gasteiger partial charge in [0, 0.05) is 36.6 Å². The third kappa shape index (κ3) is 3.87. The monoisotopic (exact) mass is 437 g/mol. The number of nitrogens with zero attached hydrogens (tertiary/aromatic N) is 2. The largest absolute Gasteiger partial charge is 0.351 e. The molecule has 7 heteroatoms. The van der Waals surface area contributed by atoms with Crippen LogP contribution in [0.15, 0.2) is 48.5 Å². The lowest BCUT2D eigenvalue weighted by molar-refractivity contribution is -0.137. The third-order valence-electron chi connectivity index (χ3n) is 6.78. The molecule has 2 aromatic carbocycles. The molecule has 1 N–H and O–H groups in total. The number of amides is 2. The van der Waals surface area contributed by atoms with Crippen LogP contribution in [0.3, 0.4) is 0 Å². The molecule has 32 heavy (non-hydrogen) atoms. The van der Waals surface area contributed by atoms with E-state index in [0.29, 0.717) is 30.9 Å². The molecular formula is C25H25F2N3O2. The van der Waals surface area contributed by atoms with Crippen LogP contribution in [0.5, 0.6) is 0 Å². The Labute approximate surface area is 185 Å². The molecule has 166 valence electrons. The predicted octanol–water partition coefficient (Wildman–Crippen LogP) is 4.14. The number of nitrogens with one attached hydrogen (secondary N) is 1. The van der Waals surface area contributed by atoms with Crippen LogP contribution >= 0.6 is 0 Å². The first-order valence-corrected chi connectivity index (χ1v) is 11.1. The number of piperidine rings is 2. The Morgan fingerprint density at radius 2 is 1.84 bits per heavy atom. The summed E-state index contributed by atoms with van der Waals surface area (Å²) in [6, 6.07) is 13.4. The van der Waals surface area contributed by atoms with Crippen LogP contribution in [0.2, 0.25) is 0 Å². The lowest BCUT2D eigenvalue weighted by Crippen LogP contribution is -2.57. The number of fused-ring (bicyclic) bond motifs is 2. The van der Waals surface area contributed by atoms with E-state index in [2.05, 4.69) is 4.98 Å². The first kappa shape index (κ1) is 20.7. The van der Waals surface area contributed by atoms with Gasteiger partial charge in [-0.25, -0.2) is 8.78 Å². The van der Waals surface area contributed by atoms with Crippen LogP contribution in [0.4, 0.5) is 8.78 Å². The van der Waals surface area contributed by atoms with E-state index in [-0.39, 0.29) is 30.2 Å². The van der Waals surface area contributed by atoms with Crippen molar-refractivity contribution in [2.45, 2.75) is 31.7 Å². The number of para-hydroxylation sites is 1. The number of likely N-dealkylation sites (tertiary alicyclic amines) is 2. The smallest absolute Gasteiger partial charge is 0.270 e. The summed E-state index contributed by atoms with van der Waals surface area (Å²) in [4.78, 5) is 33.1. The van der Waals surface area contributed by atoms with Gasteiger partial charge in [-0.05, 0) is 55.0 Å². The number of aromatic nitrogens is 1. The van der Waals surface area contributed by atoms with Crippen molar-refractivity contribution in [1.29, 1.82) is 0 Å². The van der Waals surface area contributed by atoms with E-state index >= 15 is 0 Å². The second kappa shape index (κ2) is 8.37. The number of carbonyl (C=O) groups excluding carboxylic acids is 2. The summed E-state index contributed by atoms with van der Waals surface area (Å²) in [6.45, 7) is 1.87. The minimum Gasteiger partial charge on any atom is -0.351 e. The van der Waals surface area contributed by atoms with Crippen molar-refractivity contribution >= 4 is 22.7 Å². The Morgan fingerprint density at radius 1 is 1.00 bits per heavy atom. The highest BCUT2D eigenvalue weighted by Gasteiger charge is 2.39. The topological polar surface area (TPSA) is 56.4 Å². The van der Waals surface area contributed by atoms with Crippen molar-refractivity contribution < 1.29 is 18.4 Å². The number of H-pyrrole nitrogens is 1. The van der Waals surface area contributed by atoms with Gasteiger partial charge in [0.05, 0.1) is 6.42 Å². The second-order valence-corrected chi connectivity index (χ2v) is 8.79. The van der Waals surface area contributed by atoms with E-state index in [9.17, 15) is 18.4 Å². The van der Waals surface area contributed by atoms with Gasteiger partial charge in [0.1, 0.15) is 5.69 Å². The molecule has 1 aromatic heterocycles. The lowest BCUT2D eigenvalue weighted by atomic mass is 9.83. The molecule has 2 fully saturated rings. The molecule has 0 spiro atoms. The van der Waals surface area contributed by atoms with E-state index < -0.39 is 11.6 Å². The lowest BCUT2D eigenvalue weighted by Gasteiger charge is -2.47. The molecule has 0 aliphatic carbocycles. The molecule has 2 saturated heterocycles. The molecule has 0 saturated carbocycles. The number of rotatable bonds is 3. The minimum atomic E-state index is -0.935. The van der Waals surface area contributed by atoms with E-state index in [0.717, 1.165) is 42.3 Å². The Hall–Kier alpha value is -3.22. The average molecular weight is 437 g/mol. The van der Waals surface area contributed by atoms with E-state index in [4.69, 9.17) is 0 Å². The maximum Gasteiger partial charge on any atom is 0.270 e. The summed E-state index contributed by atoms with van der Waals surface area (Å²) in [6.07, 6.45) is 2.62. The summed E-state index contributed by atoms with van der Waals surface area (Å²) in [5.74, 6) is -1.70. The number of carbonyl (C=O) groups is 2. The molecule has 0 unspecified atom stereocenters. The molecule has 0 radical (unpaired) electrons. The minimum absolute atomic E-state index is 0.00936. The van der Waals surface area contributed by atoms with Gasteiger partial charge >= 0.3 is 0 Å². The van der Waals surface area contributed by atoms with Crippen LogP contribution in [0.1, 0.15) is 35.3 Å². The highest BCUT2D eigenvalue weighted by atomic mass is 19.2. The first-order chi connectivity index (χ1) is 15.5. The van der Waals surface area contributed by atoms with Gasteiger partial charge < -0.3 is 14.8 Å². The van der Waals surface area contributed by atoms with Gasteiger partial charge in [-0.1, -0.05) is 24.3 Å². The number of hydrogen-bond acceptors (Lipinski definition) is 2. The zero-order valence-corrected chi connectivity index (χ0v) is 17.7. The molecule has 2 aliphatic rings. The molecule has 5 nitrogen and oxygen atoms in total. The van der Waals surface area contributed by atoms with Crippen molar-refractivity contribution in [3.8, 4) is 0 Å². The summed E-state index contributed by atoms with van der Waals surface area (Å²) >= 11 is 0. The van der Waals surface area contributed by atoms with Crippen molar-refractivity contribution in [3.05, 3.63) is 71.4 Å². The first-order valence-electron chi connectivity index (χ1n) is 11.1. The van der Waals surface area contributed by atoms with Gasteiger partial charge in [-0.2, -0.15) is 0 Å². The van der Waals surface area contributed by atoms with Gasteiger partial charge in [0.25, 0.3) is 5.91 Å². The third-order valence-corrected chi connectivity index (χ3v) is 6.78. The maximum atomic E-state index is 13.5. The average Bonchev–Trinajstić information content (AvgIpc) is 3.24. The van der Waals surface area contributed by atoms with Crippen LogP contribution in [-0.2, 0) is 11.2 Å². The zero-order valence-electron chi connectivity index (χ0n) is 17.7. The van der Waals surface area contributed by atoms with Crippen LogP contribution in [0, 0.1) is 17.6 Å². The number of halogens is 2. The number of benzene rings is 2. The van der Waals surface area contributed by atoms with Crippen molar-refractivity contribution in [3.63, 3.8) is 0 Å². The SMILES string of the molecule is O=C(c1cc2ccccc2[nH]1)N1CC[C@H]2[C@H](CCCN2C(=O)Cc2ccc(F)c(F)c2)C1. The Morgan fingerprint density at radius 3 is 2.66 bits per heavy atom. The molecular weight excluding hydrogens is 412 g/mol. The molecule has 2 atom stereocenters. The van der Waals surface area contributed by atoms with E-state index in [1.807, 2.05) is 40.1 Å². The molecule has 0 bridgehead atoms. The second-order valence-electron chi connectivity index (χ2n) is 8.79. The van der Waals surface area contributed by atoms with Crippen LogP contribution < -0.4 is 0 Å². The molecule has 2 amide bonds. The fraction of sp³-hybridized carbons (Fsp3) is 0.360. The van der Waals surface area contributed by atoms with Gasteiger partial charge in [-0.3, -0.25) is 9.59 Å². The zero-order chi connectivity index (χ0) is 22.2. The summed E-state index contributed by atoms with van der Waals surface area (Å²) in [5, 5.41) is 1.01. The fourth-order valence-electron chi connectivity index (χ4n) is 5.18. The van der Waals surface area contributed by atoms with Crippen LogP contribution in [0.25, 0.3) is 10.9 Å². The summed E-state index contributed by atoms with van der Waals surface area (Å²) < 4.78 is 26.7. The molecule has 5 rings (SSSR count). The molecule has 3 heterocycles. The summed E-state index contributed by atoms with van der Waals surface area (Å²) in [7, 11) is 0. The van der Waals surface area contributed by atoms with Gasteiger partial charge in [-0.15, -0.1) is 0 Å². The highest BCUT2D eigenvalue weighted by Crippen LogP contribution is 2.32. The van der Waals surface area contributed by atoms with Gasteiger partial charge in [0.2, 0.25) is 5.91 Å². The van der Waals surface area contributed by atoms with Crippen molar-refractivity contribution in [1.82, 2.24) is 14.8 Å². The predicted molar refractivity (Wildman–Crippen MR) is 117 cm³/mol. The van der Waals surface area contributed by atoms with Gasteiger partial charge in [0.15, 0.2) is 11.6 Å². The normalized spacial score (nSPS) is 20.9. The van der Waals surface area contributed by atoms with E-state index in [1.54, 1.807) is 0 Å². The summed E-state index contributed by atoms with van der Waals surface area (Å²) in [5.41, 5.74) is 2.01. The quantitative estimate of drug-likeness (QED) is 0.670. The van der Waals surface area contributed by atoms with E-state index in [1.165, 1.54) is 6.07 Å².